The Balaban J connectivity index is 2.12. The zero-order chi connectivity index (χ0) is 12.1. The Kier molecular flexibility index (Phi) is 3.93. The van der Waals surface area contributed by atoms with Crippen molar-refractivity contribution in [3.63, 3.8) is 0 Å². The highest BCUT2D eigenvalue weighted by molar-refractivity contribution is 7.80. The molecular formula is C12H16N4S. The number of hydrogen-bond donors (Lipinski definition) is 3. The molecule has 0 fully saturated rings. The summed E-state index contributed by atoms with van der Waals surface area (Å²) < 4.78 is 0. The Morgan fingerprint density at radius 1 is 1.47 bits per heavy atom. The van der Waals surface area contributed by atoms with Crippen molar-refractivity contribution in [2.24, 2.45) is 5.73 Å². The molecule has 0 amide bonds. The molecule has 0 radical (unpaired) electrons. The Morgan fingerprint density at radius 2 is 2.35 bits per heavy atom. The van der Waals surface area contributed by atoms with Crippen LogP contribution in [0, 0.1) is 0 Å². The quantitative estimate of drug-likeness (QED) is 0.560. The van der Waals surface area contributed by atoms with E-state index in [-0.39, 0.29) is 5.11 Å². The third-order valence-corrected chi connectivity index (χ3v) is 2.91. The molecule has 1 aliphatic rings. The highest BCUT2D eigenvalue weighted by Gasteiger charge is 2.20. The van der Waals surface area contributed by atoms with Gasteiger partial charge >= 0.3 is 0 Å². The number of aromatic nitrogens is 1. The number of nitrogens with zero attached hydrogens (tertiary/aromatic N) is 1. The van der Waals surface area contributed by atoms with Gasteiger partial charge in [0.25, 0.3) is 0 Å². The molecule has 1 aromatic rings. The normalized spacial score (nSPS) is 19.3. The highest BCUT2D eigenvalue weighted by Crippen LogP contribution is 2.30. The number of rotatable bonds is 3. The fourth-order valence-corrected chi connectivity index (χ4v) is 2.09. The van der Waals surface area contributed by atoms with Crippen molar-refractivity contribution < 1.29 is 0 Å². The number of hydrogen-bond acceptors (Lipinski definition) is 3. The maximum atomic E-state index is 5.41. The summed E-state index contributed by atoms with van der Waals surface area (Å²) in [7, 11) is 0. The average Bonchev–Trinajstić information content (AvgIpc) is 2.38. The van der Waals surface area contributed by atoms with E-state index >= 15 is 0 Å². The molecule has 0 aromatic carbocycles. The second kappa shape index (κ2) is 5.63. The topological polar surface area (TPSA) is 63.0 Å². The number of nitrogens with two attached hydrogens (primary N) is 1. The van der Waals surface area contributed by atoms with Crippen LogP contribution in [-0.2, 0) is 0 Å². The second-order valence-corrected chi connectivity index (χ2v) is 4.45. The van der Waals surface area contributed by atoms with Crippen LogP contribution in [0.2, 0.25) is 0 Å². The molecule has 2 rings (SSSR count). The number of nitrogens with one attached hydrogen (secondary N) is 2. The first kappa shape index (κ1) is 11.9. The highest BCUT2D eigenvalue weighted by atomic mass is 32.1. The van der Waals surface area contributed by atoms with Crippen LogP contribution in [0.15, 0.2) is 36.2 Å². The van der Waals surface area contributed by atoms with E-state index in [1.165, 1.54) is 6.42 Å². The van der Waals surface area contributed by atoms with Crippen molar-refractivity contribution in [3.05, 3.63) is 41.9 Å². The first-order valence-electron chi connectivity index (χ1n) is 5.70. The fraction of sp³-hybridized carbons (Fsp3) is 0.333. The molecule has 5 heteroatoms. The average molecular weight is 248 g/mol. The van der Waals surface area contributed by atoms with Crippen LogP contribution < -0.4 is 16.6 Å². The van der Waals surface area contributed by atoms with Gasteiger partial charge in [0.1, 0.15) is 0 Å². The Hall–Kier alpha value is -1.62. The minimum absolute atomic E-state index is 0.247. The van der Waals surface area contributed by atoms with Crippen LogP contribution >= 0.6 is 12.2 Å². The summed E-state index contributed by atoms with van der Waals surface area (Å²) in [4.78, 5) is 4.41. The van der Waals surface area contributed by atoms with Crippen molar-refractivity contribution in [1.29, 1.82) is 0 Å². The summed E-state index contributed by atoms with van der Waals surface area (Å²) in [5, 5.41) is 0.247. The van der Waals surface area contributed by atoms with Gasteiger partial charge in [0.05, 0.1) is 0 Å². The maximum Gasteiger partial charge on any atom is 0.182 e. The monoisotopic (exact) mass is 248 g/mol. The summed E-state index contributed by atoms with van der Waals surface area (Å²) in [6.07, 6.45) is 7.34. The van der Waals surface area contributed by atoms with Gasteiger partial charge in [-0.25, -0.2) is 0 Å². The van der Waals surface area contributed by atoms with Gasteiger partial charge in [-0.15, -0.1) is 0 Å². The lowest BCUT2D eigenvalue weighted by Crippen LogP contribution is -2.42. The fourth-order valence-electron chi connectivity index (χ4n) is 2.04. The van der Waals surface area contributed by atoms with Gasteiger partial charge in [0.2, 0.25) is 0 Å². The summed E-state index contributed by atoms with van der Waals surface area (Å²) in [6, 6.07) is 5.98. The lowest BCUT2D eigenvalue weighted by atomic mass is 9.89. The molecule has 0 aliphatic heterocycles. The Bertz CT molecular complexity index is 416. The summed E-state index contributed by atoms with van der Waals surface area (Å²) in [5.41, 5.74) is 13.4. The molecule has 90 valence electrons. The van der Waals surface area contributed by atoms with Crippen LogP contribution in [0.1, 0.15) is 30.9 Å². The van der Waals surface area contributed by atoms with E-state index in [1.807, 2.05) is 24.4 Å². The molecule has 0 bridgehead atoms. The number of hydrazine groups is 1. The van der Waals surface area contributed by atoms with E-state index in [0.29, 0.717) is 5.92 Å². The van der Waals surface area contributed by atoms with Gasteiger partial charge in [-0.2, -0.15) is 0 Å². The zero-order valence-electron chi connectivity index (χ0n) is 9.52. The third-order valence-electron chi connectivity index (χ3n) is 2.81. The Morgan fingerprint density at radius 3 is 3.06 bits per heavy atom. The SMILES string of the molecule is NC(=S)NNC1=CCCCC1c1ccccn1. The predicted octanol–water partition coefficient (Wildman–Crippen LogP) is 1.57. The van der Waals surface area contributed by atoms with E-state index in [4.69, 9.17) is 18.0 Å². The molecule has 1 aliphatic carbocycles. The van der Waals surface area contributed by atoms with E-state index in [2.05, 4.69) is 21.9 Å². The zero-order valence-corrected chi connectivity index (χ0v) is 10.3. The van der Waals surface area contributed by atoms with Gasteiger partial charge in [0, 0.05) is 23.5 Å². The van der Waals surface area contributed by atoms with Crippen molar-refractivity contribution in [2.45, 2.75) is 25.2 Å². The third kappa shape index (κ3) is 3.17. The largest absolute Gasteiger partial charge is 0.375 e. The number of thiocarbonyl (C=S) groups is 1. The Labute approximate surface area is 106 Å². The summed E-state index contributed by atoms with van der Waals surface area (Å²) >= 11 is 4.78. The molecule has 0 saturated heterocycles. The molecule has 1 atom stereocenters. The van der Waals surface area contributed by atoms with Gasteiger partial charge in [0.15, 0.2) is 5.11 Å². The van der Waals surface area contributed by atoms with Crippen molar-refractivity contribution in [2.75, 3.05) is 0 Å². The van der Waals surface area contributed by atoms with Crippen LogP contribution in [0.3, 0.4) is 0 Å². The van der Waals surface area contributed by atoms with Crippen LogP contribution in [0.5, 0.6) is 0 Å². The predicted molar refractivity (Wildman–Crippen MR) is 72.0 cm³/mol. The van der Waals surface area contributed by atoms with Crippen molar-refractivity contribution >= 4 is 17.3 Å². The maximum absolute atomic E-state index is 5.41. The molecule has 0 saturated carbocycles. The van der Waals surface area contributed by atoms with E-state index < -0.39 is 0 Å². The van der Waals surface area contributed by atoms with E-state index in [0.717, 1.165) is 24.2 Å². The standard InChI is InChI=1S/C12H16N4S/c13-12(17)16-15-11-7-2-1-5-9(11)10-6-3-4-8-14-10/h3-4,6-9,15H,1-2,5H2,(H3,13,16,17). The van der Waals surface area contributed by atoms with E-state index in [9.17, 15) is 0 Å². The van der Waals surface area contributed by atoms with Gasteiger partial charge < -0.3 is 11.2 Å². The first-order chi connectivity index (χ1) is 8.27. The smallest absolute Gasteiger partial charge is 0.182 e. The number of allylic oxidation sites excluding steroid dienone is 2. The van der Waals surface area contributed by atoms with E-state index in [1.54, 1.807) is 0 Å². The molecule has 1 unspecified atom stereocenters. The minimum Gasteiger partial charge on any atom is -0.375 e. The van der Waals surface area contributed by atoms with Gasteiger partial charge in [-0.1, -0.05) is 12.1 Å². The summed E-state index contributed by atoms with van der Waals surface area (Å²) in [5.74, 6) is 0.298. The van der Waals surface area contributed by atoms with Gasteiger partial charge in [-0.3, -0.25) is 10.4 Å². The minimum atomic E-state index is 0.247. The lowest BCUT2D eigenvalue weighted by Gasteiger charge is -2.25. The first-order valence-corrected chi connectivity index (χ1v) is 6.10. The van der Waals surface area contributed by atoms with Crippen LogP contribution in [0.4, 0.5) is 0 Å². The number of pyridine rings is 1. The molecule has 17 heavy (non-hydrogen) atoms. The van der Waals surface area contributed by atoms with Crippen molar-refractivity contribution in [1.82, 2.24) is 15.8 Å². The molecular weight excluding hydrogens is 232 g/mol. The van der Waals surface area contributed by atoms with Gasteiger partial charge in [-0.05, 0) is 43.6 Å². The van der Waals surface area contributed by atoms with Crippen molar-refractivity contribution in [3.8, 4) is 0 Å². The molecule has 4 N–H and O–H groups in total. The summed E-state index contributed by atoms with van der Waals surface area (Å²) in [6.45, 7) is 0. The second-order valence-electron chi connectivity index (χ2n) is 4.01. The lowest BCUT2D eigenvalue weighted by molar-refractivity contribution is 0.552. The molecule has 4 nitrogen and oxygen atoms in total. The molecule has 1 aromatic heterocycles. The molecule has 1 heterocycles. The molecule has 0 spiro atoms. The van der Waals surface area contributed by atoms with Crippen LogP contribution in [-0.4, -0.2) is 10.1 Å². The van der Waals surface area contributed by atoms with Crippen LogP contribution in [0.25, 0.3) is 0 Å².